The van der Waals surface area contributed by atoms with Crippen LogP contribution in [0.2, 0.25) is 0 Å². The third-order valence-corrected chi connectivity index (χ3v) is 2.40. The van der Waals surface area contributed by atoms with E-state index in [1.54, 1.807) is 0 Å². The molecule has 0 heterocycles. The van der Waals surface area contributed by atoms with E-state index in [-0.39, 0.29) is 11.9 Å². The van der Waals surface area contributed by atoms with E-state index in [0.717, 1.165) is 11.3 Å². The number of hydrogen-bond acceptors (Lipinski definition) is 2. The first kappa shape index (κ1) is 11.3. The Morgan fingerprint density at radius 2 is 2.00 bits per heavy atom. The van der Waals surface area contributed by atoms with E-state index >= 15 is 0 Å². The normalized spacial score (nSPS) is 11.9. The number of carbonyl (C=O) groups is 1. The van der Waals surface area contributed by atoms with Crippen molar-refractivity contribution in [2.24, 2.45) is 0 Å². The van der Waals surface area contributed by atoms with Crippen LogP contribution < -0.4 is 8.38 Å². The van der Waals surface area contributed by atoms with Crippen LogP contribution >= 0.6 is 23.0 Å². The van der Waals surface area contributed by atoms with Crippen LogP contribution in [0.4, 0.5) is 0 Å². The van der Waals surface area contributed by atoms with Gasteiger partial charge in [0, 0.05) is 6.92 Å². The fourth-order valence-electron chi connectivity index (χ4n) is 1.20. The summed E-state index contributed by atoms with van der Waals surface area (Å²) >= 11 is 1.83. The number of amides is 1. The Hall–Kier alpha value is -0.780. The molecule has 0 saturated carbocycles. The van der Waals surface area contributed by atoms with Gasteiger partial charge in [-0.1, -0.05) is 12.1 Å². The molecule has 0 saturated heterocycles. The summed E-state index contributed by atoms with van der Waals surface area (Å²) in [7, 11) is 0. The third-order valence-electron chi connectivity index (χ3n) is 1.89. The van der Waals surface area contributed by atoms with E-state index < -0.39 is 0 Å². The van der Waals surface area contributed by atoms with Gasteiger partial charge in [0.05, 0.1) is 6.04 Å². The van der Waals surface area contributed by atoms with Crippen LogP contribution in [0.5, 0.6) is 5.75 Å². The first-order valence-corrected chi connectivity index (χ1v) is 5.17. The number of hydrogen-bond donors (Lipinski definition) is 1. The van der Waals surface area contributed by atoms with E-state index in [2.05, 4.69) is 5.32 Å². The number of benzene rings is 1. The molecule has 1 rings (SSSR count). The lowest BCUT2D eigenvalue weighted by Gasteiger charge is -2.12. The van der Waals surface area contributed by atoms with Crippen LogP contribution in [-0.2, 0) is 4.79 Å². The van der Waals surface area contributed by atoms with E-state index in [9.17, 15) is 4.79 Å². The van der Waals surface area contributed by atoms with E-state index in [1.165, 1.54) is 6.92 Å². The van der Waals surface area contributed by atoms with Crippen LogP contribution in [0.25, 0.3) is 0 Å². The van der Waals surface area contributed by atoms with E-state index in [0.29, 0.717) is 0 Å². The summed E-state index contributed by atoms with van der Waals surface area (Å²) in [4.78, 5) is 10.8. The second-order valence-electron chi connectivity index (χ2n) is 3.07. The lowest BCUT2D eigenvalue weighted by Crippen LogP contribution is -2.23. The van der Waals surface area contributed by atoms with Crippen molar-refractivity contribution in [1.82, 2.24) is 5.32 Å². The van der Waals surface area contributed by atoms with Crippen molar-refractivity contribution in [3.05, 3.63) is 29.8 Å². The summed E-state index contributed by atoms with van der Waals surface area (Å²) < 4.78 is 5.01. The Balaban J connectivity index is 2.71. The fourth-order valence-corrected chi connectivity index (χ4v) is 1.49. The van der Waals surface area contributed by atoms with Crippen LogP contribution in [0.1, 0.15) is 25.5 Å². The maximum absolute atomic E-state index is 10.8. The Morgan fingerprint density at radius 1 is 1.43 bits per heavy atom. The molecule has 0 aliphatic rings. The van der Waals surface area contributed by atoms with Gasteiger partial charge in [-0.3, -0.25) is 4.79 Å². The van der Waals surface area contributed by atoms with Gasteiger partial charge in [-0.2, -0.15) is 0 Å². The minimum Gasteiger partial charge on any atom is -0.428 e. The summed E-state index contributed by atoms with van der Waals surface area (Å²) in [6.07, 6.45) is 0. The molecular formula is C10H12INO2. The molecule has 14 heavy (non-hydrogen) atoms. The number of nitrogens with one attached hydrogen (secondary N) is 1. The molecule has 3 nitrogen and oxygen atoms in total. The Morgan fingerprint density at radius 3 is 2.43 bits per heavy atom. The molecule has 1 atom stereocenters. The zero-order chi connectivity index (χ0) is 10.6. The standard InChI is InChI=1S/C10H12INO2/c1-7(12-8(2)13)9-3-5-10(14-11)6-4-9/h3-7H,1-2H3,(H,12,13)/t7-/m0/s1. The molecule has 0 aliphatic heterocycles. The van der Waals surface area contributed by atoms with Crippen LogP contribution in [0, 0.1) is 0 Å². The molecule has 0 fully saturated rings. The van der Waals surface area contributed by atoms with Crippen molar-refractivity contribution in [1.29, 1.82) is 0 Å². The molecule has 1 aromatic carbocycles. The highest BCUT2D eigenvalue weighted by Crippen LogP contribution is 2.18. The van der Waals surface area contributed by atoms with Crippen molar-refractivity contribution in [3.8, 4) is 5.75 Å². The van der Waals surface area contributed by atoms with Crippen LogP contribution in [0.3, 0.4) is 0 Å². The third kappa shape index (κ3) is 3.17. The molecule has 1 N–H and O–H groups in total. The molecule has 0 spiro atoms. The molecular weight excluding hydrogens is 293 g/mol. The second kappa shape index (κ2) is 5.19. The average Bonchev–Trinajstić information content (AvgIpc) is 2.17. The zero-order valence-electron chi connectivity index (χ0n) is 8.08. The highest BCUT2D eigenvalue weighted by Gasteiger charge is 2.05. The fraction of sp³-hybridized carbons (Fsp3) is 0.300. The maximum Gasteiger partial charge on any atom is 0.217 e. The second-order valence-corrected chi connectivity index (χ2v) is 3.51. The van der Waals surface area contributed by atoms with Gasteiger partial charge < -0.3 is 8.38 Å². The molecule has 0 bridgehead atoms. The Labute approximate surface area is 97.5 Å². The summed E-state index contributed by atoms with van der Waals surface area (Å²) in [6, 6.07) is 7.67. The average molecular weight is 305 g/mol. The molecule has 1 aromatic rings. The SMILES string of the molecule is CC(=O)N[C@@H](C)c1ccc(OI)cc1. The van der Waals surface area contributed by atoms with Gasteiger partial charge in [-0.05, 0) is 24.6 Å². The quantitative estimate of drug-likeness (QED) is 0.872. The summed E-state index contributed by atoms with van der Waals surface area (Å²) in [5, 5.41) is 2.81. The zero-order valence-corrected chi connectivity index (χ0v) is 10.2. The first-order valence-electron chi connectivity index (χ1n) is 4.29. The molecule has 76 valence electrons. The van der Waals surface area contributed by atoms with Crippen molar-refractivity contribution in [2.75, 3.05) is 0 Å². The molecule has 1 amide bonds. The monoisotopic (exact) mass is 305 g/mol. The first-order chi connectivity index (χ1) is 6.63. The molecule has 4 heteroatoms. The minimum atomic E-state index is -0.0216. The highest BCUT2D eigenvalue weighted by atomic mass is 127. The van der Waals surface area contributed by atoms with Crippen molar-refractivity contribution in [3.63, 3.8) is 0 Å². The topological polar surface area (TPSA) is 38.3 Å². The molecule has 0 aliphatic carbocycles. The van der Waals surface area contributed by atoms with Gasteiger partial charge in [-0.25, -0.2) is 0 Å². The van der Waals surface area contributed by atoms with Crippen LogP contribution in [0.15, 0.2) is 24.3 Å². The smallest absolute Gasteiger partial charge is 0.217 e. The van der Waals surface area contributed by atoms with E-state index in [1.807, 2.05) is 54.2 Å². The van der Waals surface area contributed by atoms with E-state index in [4.69, 9.17) is 3.07 Å². The highest BCUT2D eigenvalue weighted by molar-refractivity contribution is 14.1. The Bertz CT molecular complexity index is 310. The predicted octanol–water partition coefficient (Wildman–Crippen LogP) is 2.61. The number of halogens is 1. The number of rotatable bonds is 3. The lowest BCUT2D eigenvalue weighted by molar-refractivity contribution is -0.119. The van der Waals surface area contributed by atoms with Gasteiger partial charge >= 0.3 is 0 Å². The molecule has 0 aromatic heterocycles. The molecule has 0 radical (unpaired) electrons. The Kier molecular flexibility index (Phi) is 4.19. The lowest BCUT2D eigenvalue weighted by atomic mass is 10.1. The van der Waals surface area contributed by atoms with Gasteiger partial charge in [0.15, 0.2) is 23.0 Å². The number of carbonyl (C=O) groups excluding carboxylic acids is 1. The summed E-state index contributed by atoms with van der Waals surface area (Å²) in [5.41, 5.74) is 1.07. The molecule has 0 unspecified atom stereocenters. The summed E-state index contributed by atoms with van der Waals surface area (Å²) in [5.74, 6) is 0.788. The van der Waals surface area contributed by atoms with Gasteiger partial charge in [0.25, 0.3) is 0 Å². The van der Waals surface area contributed by atoms with Gasteiger partial charge in [0.2, 0.25) is 5.91 Å². The van der Waals surface area contributed by atoms with Crippen molar-refractivity contribution < 1.29 is 7.86 Å². The van der Waals surface area contributed by atoms with Crippen molar-refractivity contribution >= 4 is 28.9 Å². The summed E-state index contributed by atoms with van der Waals surface area (Å²) in [6.45, 7) is 3.46. The van der Waals surface area contributed by atoms with Gasteiger partial charge in [0.1, 0.15) is 5.75 Å². The van der Waals surface area contributed by atoms with Gasteiger partial charge in [-0.15, -0.1) is 0 Å². The van der Waals surface area contributed by atoms with Crippen molar-refractivity contribution in [2.45, 2.75) is 19.9 Å². The minimum absolute atomic E-state index is 0.0216. The van der Waals surface area contributed by atoms with Crippen LogP contribution in [-0.4, -0.2) is 5.91 Å². The predicted molar refractivity (Wildman–Crippen MR) is 63.3 cm³/mol. The largest absolute Gasteiger partial charge is 0.428 e. The maximum atomic E-state index is 10.8.